The summed E-state index contributed by atoms with van der Waals surface area (Å²) < 4.78 is 5.20. The van der Waals surface area contributed by atoms with Gasteiger partial charge in [-0.05, 0) is 6.07 Å². The number of para-hydroxylation sites is 1. The van der Waals surface area contributed by atoms with Crippen molar-refractivity contribution in [2.45, 2.75) is 13.1 Å². The molecule has 0 fully saturated rings. The Bertz CT molecular complexity index is 527. The Morgan fingerprint density at radius 2 is 2.11 bits per heavy atom. The second kappa shape index (κ2) is 6.39. The molecule has 0 bridgehead atoms. The van der Waals surface area contributed by atoms with E-state index in [1.165, 1.54) is 6.33 Å². The fourth-order valence-corrected chi connectivity index (χ4v) is 1.57. The third kappa shape index (κ3) is 3.70. The van der Waals surface area contributed by atoms with Crippen LogP contribution in [0, 0.1) is 0 Å². The summed E-state index contributed by atoms with van der Waals surface area (Å²) in [6.07, 6.45) is 1.39. The van der Waals surface area contributed by atoms with Gasteiger partial charge in [0.2, 0.25) is 0 Å². The summed E-state index contributed by atoms with van der Waals surface area (Å²) in [4.78, 5) is 15.5. The van der Waals surface area contributed by atoms with Gasteiger partial charge >= 0.3 is 6.03 Å². The van der Waals surface area contributed by atoms with Gasteiger partial charge in [0.05, 0.1) is 13.7 Å². The van der Waals surface area contributed by atoms with Crippen LogP contribution in [0.2, 0.25) is 0 Å². The van der Waals surface area contributed by atoms with Crippen LogP contribution in [-0.4, -0.2) is 28.3 Å². The Morgan fingerprint density at radius 1 is 1.32 bits per heavy atom. The van der Waals surface area contributed by atoms with Crippen LogP contribution in [0.4, 0.5) is 4.79 Å². The van der Waals surface area contributed by atoms with E-state index in [1.54, 1.807) is 7.11 Å². The molecule has 7 nitrogen and oxygen atoms in total. The largest absolute Gasteiger partial charge is 0.496 e. The molecule has 0 unspecified atom stereocenters. The third-order valence-electron chi connectivity index (χ3n) is 2.51. The van der Waals surface area contributed by atoms with E-state index in [1.807, 2.05) is 24.3 Å². The smallest absolute Gasteiger partial charge is 0.315 e. The fourth-order valence-electron chi connectivity index (χ4n) is 1.57. The molecule has 0 aliphatic heterocycles. The lowest BCUT2D eigenvalue weighted by atomic mass is 10.2. The normalized spacial score (nSPS) is 9.95. The minimum absolute atomic E-state index is 0.276. The maximum absolute atomic E-state index is 11.6. The van der Waals surface area contributed by atoms with E-state index in [0.717, 1.165) is 11.3 Å². The molecule has 1 aromatic carbocycles. The Balaban J connectivity index is 1.80. The van der Waals surface area contributed by atoms with Gasteiger partial charge in [-0.25, -0.2) is 9.78 Å². The number of nitrogens with one attached hydrogen (secondary N) is 3. The highest BCUT2D eigenvalue weighted by atomic mass is 16.5. The first-order valence-corrected chi connectivity index (χ1v) is 5.77. The second-order valence-electron chi connectivity index (χ2n) is 3.78. The first-order valence-electron chi connectivity index (χ1n) is 5.77. The van der Waals surface area contributed by atoms with E-state index in [4.69, 9.17) is 4.74 Å². The molecule has 100 valence electrons. The number of methoxy groups -OCH3 is 1. The van der Waals surface area contributed by atoms with E-state index in [-0.39, 0.29) is 6.03 Å². The van der Waals surface area contributed by atoms with Crippen molar-refractivity contribution in [3.63, 3.8) is 0 Å². The molecule has 7 heteroatoms. The Labute approximate surface area is 110 Å². The molecule has 1 aromatic heterocycles. The molecule has 3 N–H and O–H groups in total. The van der Waals surface area contributed by atoms with Crippen LogP contribution in [0.15, 0.2) is 30.6 Å². The number of benzene rings is 1. The van der Waals surface area contributed by atoms with E-state index in [0.29, 0.717) is 18.9 Å². The van der Waals surface area contributed by atoms with Crippen molar-refractivity contribution in [3.05, 3.63) is 42.0 Å². The van der Waals surface area contributed by atoms with Crippen LogP contribution in [-0.2, 0) is 13.1 Å². The summed E-state index contributed by atoms with van der Waals surface area (Å²) >= 11 is 0. The highest BCUT2D eigenvalue weighted by Crippen LogP contribution is 2.16. The first-order chi connectivity index (χ1) is 9.29. The van der Waals surface area contributed by atoms with Gasteiger partial charge in [0.25, 0.3) is 0 Å². The molecule has 0 aliphatic carbocycles. The topological polar surface area (TPSA) is 91.9 Å². The van der Waals surface area contributed by atoms with E-state index in [2.05, 4.69) is 25.8 Å². The summed E-state index contributed by atoms with van der Waals surface area (Å²) in [5, 5.41) is 11.8. The van der Waals surface area contributed by atoms with Crippen molar-refractivity contribution in [3.8, 4) is 5.75 Å². The van der Waals surface area contributed by atoms with Crippen molar-refractivity contribution in [2.24, 2.45) is 0 Å². The number of aromatic amines is 1. The number of nitrogens with zero attached hydrogens (tertiary/aromatic N) is 2. The van der Waals surface area contributed by atoms with Gasteiger partial charge in [-0.3, -0.25) is 5.10 Å². The third-order valence-corrected chi connectivity index (χ3v) is 2.51. The van der Waals surface area contributed by atoms with Crippen LogP contribution in [0.25, 0.3) is 0 Å². The van der Waals surface area contributed by atoms with Crippen molar-refractivity contribution >= 4 is 6.03 Å². The average molecular weight is 261 g/mol. The van der Waals surface area contributed by atoms with Gasteiger partial charge < -0.3 is 15.4 Å². The zero-order chi connectivity index (χ0) is 13.5. The number of hydrogen-bond donors (Lipinski definition) is 3. The lowest BCUT2D eigenvalue weighted by Gasteiger charge is -2.09. The number of aromatic nitrogens is 3. The summed E-state index contributed by atoms with van der Waals surface area (Å²) in [6.45, 7) is 0.698. The highest BCUT2D eigenvalue weighted by molar-refractivity contribution is 5.73. The molecule has 19 heavy (non-hydrogen) atoms. The lowest BCUT2D eigenvalue weighted by Crippen LogP contribution is -2.34. The van der Waals surface area contributed by atoms with Gasteiger partial charge in [-0.2, -0.15) is 5.10 Å². The maximum atomic E-state index is 11.6. The molecular formula is C12H15N5O2. The molecule has 2 rings (SSSR count). The zero-order valence-electron chi connectivity index (χ0n) is 10.5. The number of hydrogen-bond acceptors (Lipinski definition) is 4. The summed E-state index contributed by atoms with van der Waals surface area (Å²) in [7, 11) is 1.60. The quantitative estimate of drug-likeness (QED) is 0.742. The van der Waals surface area contributed by atoms with Crippen LogP contribution < -0.4 is 15.4 Å². The standard InChI is InChI=1S/C12H15N5O2/c1-19-10-5-3-2-4-9(10)6-13-12(18)14-7-11-15-8-16-17-11/h2-5,8H,6-7H2,1H3,(H2,13,14,18)(H,15,16,17). The minimum atomic E-state index is -0.276. The van der Waals surface area contributed by atoms with E-state index >= 15 is 0 Å². The van der Waals surface area contributed by atoms with Gasteiger partial charge in [-0.15, -0.1) is 0 Å². The van der Waals surface area contributed by atoms with Gasteiger partial charge in [0.15, 0.2) is 0 Å². The molecule has 0 aliphatic rings. The van der Waals surface area contributed by atoms with Gasteiger partial charge in [0.1, 0.15) is 17.9 Å². The molecule has 2 aromatic rings. The van der Waals surface area contributed by atoms with Crippen LogP contribution >= 0.6 is 0 Å². The van der Waals surface area contributed by atoms with Crippen molar-refractivity contribution in [2.75, 3.05) is 7.11 Å². The maximum Gasteiger partial charge on any atom is 0.315 e. The molecule has 0 saturated heterocycles. The Hall–Kier alpha value is -2.57. The lowest BCUT2D eigenvalue weighted by molar-refractivity contribution is 0.239. The van der Waals surface area contributed by atoms with Crippen molar-refractivity contribution < 1.29 is 9.53 Å². The van der Waals surface area contributed by atoms with E-state index < -0.39 is 0 Å². The molecule has 1 heterocycles. The summed E-state index contributed by atoms with van der Waals surface area (Å²) in [6, 6.07) is 7.25. The molecule has 2 amide bonds. The molecule has 0 radical (unpaired) electrons. The Kier molecular flexibility index (Phi) is 4.33. The first kappa shape index (κ1) is 12.9. The minimum Gasteiger partial charge on any atom is -0.496 e. The van der Waals surface area contributed by atoms with Crippen molar-refractivity contribution in [1.29, 1.82) is 0 Å². The van der Waals surface area contributed by atoms with Crippen LogP contribution in [0.5, 0.6) is 5.75 Å². The van der Waals surface area contributed by atoms with Gasteiger partial charge in [0, 0.05) is 12.1 Å². The van der Waals surface area contributed by atoms with Crippen LogP contribution in [0.1, 0.15) is 11.4 Å². The fraction of sp³-hybridized carbons (Fsp3) is 0.250. The predicted molar refractivity (Wildman–Crippen MR) is 68.5 cm³/mol. The number of carbonyl (C=O) groups excluding carboxylic acids is 1. The number of H-pyrrole nitrogens is 1. The molecular weight excluding hydrogens is 246 g/mol. The second-order valence-corrected chi connectivity index (χ2v) is 3.78. The van der Waals surface area contributed by atoms with E-state index in [9.17, 15) is 4.79 Å². The number of rotatable bonds is 5. The average Bonchev–Trinajstić information content (AvgIpc) is 2.96. The Morgan fingerprint density at radius 3 is 2.84 bits per heavy atom. The summed E-state index contributed by atoms with van der Waals surface area (Å²) in [5.41, 5.74) is 0.916. The molecule has 0 spiro atoms. The molecule has 0 saturated carbocycles. The number of urea groups is 1. The predicted octanol–water partition coefficient (Wildman–Crippen LogP) is 0.813. The zero-order valence-corrected chi connectivity index (χ0v) is 10.5. The summed E-state index contributed by atoms with van der Waals surface area (Å²) in [5.74, 6) is 1.35. The number of carbonyl (C=O) groups is 1. The van der Waals surface area contributed by atoms with Crippen LogP contribution in [0.3, 0.4) is 0 Å². The number of ether oxygens (including phenoxy) is 1. The SMILES string of the molecule is COc1ccccc1CNC(=O)NCc1ncn[nH]1. The van der Waals surface area contributed by atoms with Gasteiger partial charge in [-0.1, -0.05) is 18.2 Å². The highest BCUT2D eigenvalue weighted by Gasteiger charge is 2.05. The molecule has 0 atom stereocenters. The van der Waals surface area contributed by atoms with Crippen molar-refractivity contribution in [1.82, 2.24) is 25.8 Å². The number of amides is 2. The monoisotopic (exact) mass is 261 g/mol.